The molecule has 0 aliphatic rings. The Hall–Kier alpha value is -2.41. The number of methoxy groups -OCH3 is 1. The zero-order valence-corrected chi connectivity index (χ0v) is 13.9. The van der Waals surface area contributed by atoms with Crippen molar-refractivity contribution in [2.45, 2.75) is 19.9 Å². The van der Waals surface area contributed by atoms with Crippen LogP contribution >= 0.6 is 11.3 Å². The lowest BCUT2D eigenvalue weighted by Gasteiger charge is -2.19. The summed E-state index contributed by atoms with van der Waals surface area (Å²) in [6, 6.07) is 7.60. The molecule has 0 fully saturated rings. The molecular weight excluding hydrogens is 312 g/mol. The van der Waals surface area contributed by atoms with Crippen LogP contribution < -0.4 is 9.64 Å². The number of aromatic nitrogens is 3. The van der Waals surface area contributed by atoms with Gasteiger partial charge in [0.25, 0.3) is 0 Å². The molecule has 0 bridgehead atoms. The second-order valence-corrected chi connectivity index (χ2v) is 6.01. The van der Waals surface area contributed by atoms with Crippen molar-refractivity contribution in [3.8, 4) is 5.75 Å². The van der Waals surface area contributed by atoms with E-state index in [0.29, 0.717) is 24.6 Å². The first kappa shape index (κ1) is 15.5. The van der Waals surface area contributed by atoms with Crippen LogP contribution in [0.1, 0.15) is 13.3 Å². The molecule has 2 heterocycles. The van der Waals surface area contributed by atoms with Crippen LogP contribution in [0, 0.1) is 0 Å². The molecule has 0 aliphatic heterocycles. The van der Waals surface area contributed by atoms with Gasteiger partial charge in [0.2, 0.25) is 5.91 Å². The van der Waals surface area contributed by atoms with Gasteiger partial charge in [-0.15, -0.1) is 0 Å². The summed E-state index contributed by atoms with van der Waals surface area (Å²) in [6.45, 7) is 3.04. The van der Waals surface area contributed by atoms with Crippen LogP contribution in [-0.4, -0.2) is 34.3 Å². The summed E-state index contributed by atoms with van der Waals surface area (Å²) in [6.07, 6.45) is 4.06. The highest BCUT2D eigenvalue weighted by molar-refractivity contribution is 7.22. The first-order chi connectivity index (χ1) is 11.2. The molecular formula is C16H18N4O2S. The predicted molar refractivity (Wildman–Crippen MR) is 91.0 cm³/mol. The number of amides is 1. The summed E-state index contributed by atoms with van der Waals surface area (Å²) in [5.41, 5.74) is 0.874. The number of carbonyl (C=O) groups excluding carboxylic acids is 1. The van der Waals surface area contributed by atoms with E-state index in [1.54, 1.807) is 18.2 Å². The average molecular weight is 330 g/mol. The summed E-state index contributed by atoms with van der Waals surface area (Å²) in [5, 5.41) is 4.89. The molecule has 1 aromatic carbocycles. The topological polar surface area (TPSA) is 60.2 Å². The number of ether oxygens (including phenoxy) is 1. The van der Waals surface area contributed by atoms with Gasteiger partial charge in [-0.2, -0.15) is 5.10 Å². The smallest absolute Gasteiger partial charge is 0.228 e. The Labute approximate surface area is 138 Å². The number of hydrogen-bond donors (Lipinski definition) is 0. The number of fused-ring (bicyclic) bond motifs is 1. The van der Waals surface area contributed by atoms with E-state index in [-0.39, 0.29) is 5.91 Å². The molecule has 1 amide bonds. The first-order valence-corrected chi connectivity index (χ1v) is 8.25. The Bertz CT molecular complexity index is 798. The maximum absolute atomic E-state index is 12.3. The number of carbonyl (C=O) groups is 1. The third-order valence-corrected chi connectivity index (χ3v) is 4.57. The van der Waals surface area contributed by atoms with Crippen LogP contribution in [-0.2, 0) is 11.3 Å². The normalized spacial score (nSPS) is 10.9. The van der Waals surface area contributed by atoms with Gasteiger partial charge in [-0.25, -0.2) is 4.98 Å². The van der Waals surface area contributed by atoms with E-state index in [1.165, 1.54) is 11.3 Å². The van der Waals surface area contributed by atoms with Crippen molar-refractivity contribution in [3.63, 3.8) is 0 Å². The Morgan fingerprint density at radius 3 is 3.00 bits per heavy atom. The van der Waals surface area contributed by atoms with Gasteiger partial charge < -0.3 is 4.74 Å². The molecule has 0 atom stereocenters. The molecule has 6 nitrogen and oxygen atoms in total. The molecule has 3 rings (SSSR count). The molecule has 3 aromatic rings. The highest BCUT2D eigenvalue weighted by Gasteiger charge is 2.18. The summed E-state index contributed by atoms with van der Waals surface area (Å²) >= 11 is 1.50. The van der Waals surface area contributed by atoms with Crippen molar-refractivity contribution in [2.24, 2.45) is 0 Å². The van der Waals surface area contributed by atoms with E-state index >= 15 is 0 Å². The van der Waals surface area contributed by atoms with E-state index in [0.717, 1.165) is 16.0 Å². The van der Waals surface area contributed by atoms with E-state index in [2.05, 4.69) is 10.1 Å². The van der Waals surface area contributed by atoms with Crippen LogP contribution in [0.2, 0.25) is 0 Å². The summed E-state index contributed by atoms with van der Waals surface area (Å²) < 4.78 is 8.06. The SMILES string of the molecule is CCC(=O)N(CCn1cccn1)c1nc2ccc(OC)cc2s1. The molecule has 0 aliphatic carbocycles. The van der Waals surface area contributed by atoms with Crippen molar-refractivity contribution in [2.75, 3.05) is 18.6 Å². The van der Waals surface area contributed by atoms with Gasteiger partial charge in [-0.3, -0.25) is 14.4 Å². The zero-order chi connectivity index (χ0) is 16.2. The largest absolute Gasteiger partial charge is 0.497 e. The minimum absolute atomic E-state index is 0.0585. The van der Waals surface area contributed by atoms with E-state index < -0.39 is 0 Å². The Morgan fingerprint density at radius 2 is 2.30 bits per heavy atom. The molecule has 0 saturated carbocycles. The second kappa shape index (κ2) is 6.78. The minimum Gasteiger partial charge on any atom is -0.497 e. The fourth-order valence-electron chi connectivity index (χ4n) is 2.29. The number of hydrogen-bond acceptors (Lipinski definition) is 5. The quantitative estimate of drug-likeness (QED) is 0.697. The highest BCUT2D eigenvalue weighted by Crippen LogP contribution is 2.31. The summed E-state index contributed by atoms with van der Waals surface area (Å²) in [7, 11) is 1.64. The molecule has 0 saturated heterocycles. The molecule has 0 unspecified atom stereocenters. The van der Waals surface area contributed by atoms with Crippen molar-refractivity contribution >= 4 is 32.6 Å². The standard InChI is InChI=1S/C16H18N4O2S/c1-3-15(21)20(10-9-19-8-4-7-17-19)16-18-13-6-5-12(22-2)11-14(13)23-16/h4-8,11H,3,9-10H2,1-2H3. The lowest BCUT2D eigenvalue weighted by molar-refractivity contribution is -0.118. The molecule has 0 spiro atoms. The third kappa shape index (κ3) is 3.34. The zero-order valence-electron chi connectivity index (χ0n) is 13.1. The van der Waals surface area contributed by atoms with Gasteiger partial charge in [0, 0.05) is 25.4 Å². The average Bonchev–Trinajstić information content (AvgIpc) is 3.23. The van der Waals surface area contributed by atoms with Crippen molar-refractivity contribution in [1.82, 2.24) is 14.8 Å². The minimum atomic E-state index is 0.0585. The number of nitrogens with zero attached hydrogens (tertiary/aromatic N) is 4. The van der Waals surface area contributed by atoms with E-state index in [1.807, 2.05) is 42.1 Å². The van der Waals surface area contributed by atoms with Gasteiger partial charge in [0.05, 0.1) is 23.9 Å². The summed E-state index contributed by atoms with van der Waals surface area (Å²) in [5.74, 6) is 0.848. The molecule has 120 valence electrons. The lowest BCUT2D eigenvalue weighted by Crippen LogP contribution is -2.33. The Balaban J connectivity index is 1.87. The molecule has 23 heavy (non-hydrogen) atoms. The Kier molecular flexibility index (Phi) is 4.57. The van der Waals surface area contributed by atoms with E-state index in [4.69, 9.17) is 4.74 Å². The first-order valence-electron chi connectivity index (χ1n) is 7.43. The molecule has 2 aromatic heterocycles. The predicted octanol–water partition coefficient (Wildman–Crippen LogP) is 2.94. The number of thiazole rings is 1. The monoisotopic (exact) mass is 330 g/mol. The highest BCUT2D eigenvalue weighted by atomic mass is 32.1. The number of benzene rings is 1. The number of anilines is 1. The number of rotatable bonds is 6. The molecule has 7 heteroatoms. The van der Waals surface area contributed by atoms with Gasteiger partial charge in [0.1, 0.15) is 5.75 Å². The molecule has 0 N–H and O–H groups in total. The maximum atomic E-state index is 12.3. The van der Waals surface area contributed by atoms with Crippen LogP contribution in [0.4, 0.5) is 5.13 Å². The molecule has 0 radical (unpaired) electrons. The second-order valence-electron chi connectivity index (χ2n) is 5.00. The summed E-state index contributed by atoms with van der Waals surface area (Å²) in [4.78, 5) is 18.6. The van der Waals surface area contributed by atoms with Crippen LogP contribution in [0.5, 0.6) is 5.75 Å². The fraction of sp³-hybridized carbons (Fsp3) is 0.312. The van der Waals surface area contributed by atoms with E-state index in [9.17, 15) is 4.79 Å². The third-order valence-electron chi connectivity index (χ3n) is 3.53. The Morgan fingerprint density at radius 1 is 1.43 bits per heavy atom. The maximum Gasteiger partial charge on any atom is 0.228 e. The van der Waals surface area contributed by atoms with Gasteiger partial charge in [0.15, 0.2) is 5.13 Å². The van der Waals surface area contributed by atoms with Crippen molar-refractivity contribution < 1.29 is 9.53 Å². The van der Waals surface area contributed by atoms with Gasteiger partial charge in [-0.1, -0.05) is 18.3 Å². The van der Waals surface area contributed by atoms with Gasteiger partial charge in [-0.05, 0) is 24.3 Å². The van der Waals surface area contributed by atoms with Gasteiger partial charge >= 0.3 is 0 Å². The fourth-order valence-corrected chi connectivity index (χ4v) is 3.33. The van der Waals surface area contributed by atoms with Crippen LogP contribution in [0.25, 0.3) is 10.2 Å². The van der Waals surface area contributed by atoms with Crippen molar-refractivity contribution in [3.05, 3.63) is 36.7 Å². The van der Waals surface area contributed by atoms with Crippen molar-refractivity contribution in [1.29, 1.82) is 0 Å². The van der Waals surface area contributed by atoms with Crippen LogP contribution in [0.15, 0.2) is 36.7 Å². The van der Waals surface area contributed by atoms with Crippen LogP contribution in [0.3, 0.4) is 0 Å². The lowest BCUT2D eigenvalue weighted by atomic mass is 10.3.